The molecule has 0 saturated carbocycles. The van der Waals surface area contributed by atoms with Crippen molar-refractivity contribution in [3.05, 3.63) is 56.5 Å². The first-order chi connectivity index (χ1) is 14.7. The summed E-state index contributed by atoms with van der Waals surface area (Å²) in [5.74, 6) is 0.637. The minimum Gasteiger partial charge on any atom is -0.490 e. The Kier molecular flexibility index (Phi) is 9.84. The van der Waals surface area contributed by atoms with Crippen molar-refractivity contribution in [3.8, 4) is 11.5 Å². The maximum absolute atomic E-state index is 12.6. The maximum atomic E-state index is 12.6. The molecule has 0 heterocycles. The lowest BCUT2D eigenvalue weighted by Crippen LogP contribution is -2.30. The van der Waals surface area contributed by atoms with E-state index in [4.69, 9.17) is 9.47 Å². The molecular formula is C23H28Br2N2O4. The van der Waals surface area contributed by atoms with E-state index in [1.54, 1.807) is 24.3 Å². The molecule has 2 N–H and O–H groups in total. The highest BCUT2D eigenvalue weighted by atomic mass is 79.9. The van der Waals surface area contributed by atoms with Crippen LogP contribution in [0.25, 0.3) is 0 Å². The second kappa shape index (κ2) is 12.1. The summed E-state index contributed by atoms with van der Waals surface area (Å²) in [6.07, 6.45) is 0.510. The quantitative estimate of drug-likeness (QED) is 0.388. The lowest BCUT2D eigenvalue weighted by Gasteiger charge is -2.15. The lowest BCUT2D eigenvalue weighted by atomic mass is 10.1. The van der Waals surface area contributed by atoms with Crippen LogP contribution in [0.2, 0.25) is 0 Å². The number of carbonyl (C=O) groups excluding carboxylic acids is 2. The minimum absolute atomic E-state index is 0.0365. The molecule has 2 aromatic rings. The van der Waals surface area contributed by atoms with Gasteiger partial charge in [-0.3, -0.25) is 9.59 Å². The number of carbonyl (C=O) groups is 2. The van der Waals surface area contributed by atoms with Crippen molar-refractivity contribution in [1.82, 2.24) is 10.6 Å². The molecule has 0 fully saturated rings. The predicted octanol–water partition coefficient (Wildman–Crippen LogP) is 5.34. The van der Waals surface area contributed by atoms with Gasteiger partial charge in [-0.1, -0.05) is 31.9 Å². The van der Waals surface area contributed by atoms with Gasteiger partial charge in [0.1, 0.15) is 11.5 Å². The zero-order chi connectivity index (χ0) is 23.0. The third-order valence-electron chi connectivity index (χ3n) is 4.02. The fraction of sp³-hybridized carbons (Fsp3) is 0.391. The topological polar surface area (TPSA) is 76.7 Å². The van der Waals surface area contributed by atoms with Crippen molar-refractivity contribution < 1.29 is 19.1 Å². The van der Waals surface area contributed by atoms with Crippen LogP contribution in [-0.4, -0.2) is 37.1 Å². The third kappa shape index (κ3) is 8.18. The highest BCUT2D eigenvalue weighted by molar-refractivity contribution is 9.10. The van der Waals surface area contributed by atoms with E-state index in [1.165, 1.54) is 0 Å². The van der Waals surface area contributed by atoms with Gasteiger partial charge < -0.3 is 20.1 Å². The lowest BCUT2D eigenvalue weighted by molar-refractivity contribution is 0.0946. The Morgan fingerprint density at radius 3 is 1.52 bits per heavy atom. The average Bonchev–Trinajstić information content (AvgIpc) is 2.69. The van der Waals surface area contributed by atoms with Gasteiger partial charge in [-0.25, -0.2) is 0 Å². The first-order valence-corrected chi connectivity index (χ1v) is 11.7. The van der Waals surface area contributed by atoms with Gasteiger partial charge in [-0.05, 0) is 70.5 Å². The summed E-state index contributed by atoms with van der Waals surface area (Å²) in [6.45, 7) is 8.48. The predicted molar refractivity (Wildman–Crippen MR) is 129 cm³/mol. The van der Waals surface area contributed by atoms with Crippen LogP contribution in [0.4, 0.5) is 0 Å². The molecule has 6 nitrogen and oxygen atoms in total. The Labute approximate surface area is 200 Å². The van der Waals surface area contributed by atoms with Crippen molar-refractivity contribution in [1.29, 1.82) is 0 Å². The number of ether oxygens (including phenoxy) is 2. The number of hydrogen-bond acceptors (Lipinski definition) is 4. The Morgan fingerprint density at radius 1 is 0.774 bits per heavy atom. The molecule has 31 heavy (non-hydrogen) atoms. The molecule has 8 heteroatoms. The van der Waals surface area contributed by atoms with E-state index in [-0.39, 0.29) is 24.0 Å². The SMILES string of the molecule is CC(C)Oc1ccc(Br)cc1C(=O)NCCCNC(=O)c1cc(Br)ccc1OC(C)C. The number of halogens is 2. The molecule has 0 aliphatic rings. The van der Waals surface area contributed by atoms with Gasteiger partial charge in [0.05, 0.1) is 23.3 Å². The van der Waals surface area contributed by atoms with Crippen LogP contribution in [-0.2, 0) is 0 Å². The molecule has 0 aromatic heterocycles. The number of nitrogens with one attached hydrogen (secondary N) is 2. The van der Waals surface area contributed by atoms with E-state index < -0.39 is 0 Å². The number of rotatable bonds is 10. The summed E-state index contributed by atoms with van der Waals surface area (Å²) in [5, 5.41) is 5.75. The smallest absolute Gasteiger partial charge is 0.255 e. The maximum Gasteiger partial charge on any atom is 0.255 e. The van der Waals surface area contributed by atoms with Crippen molar-refractivity contribution in [2.24, 2.45) is 0 Å². The molecule has 168 valence electrons. The van der Waals surface area contributed by atoms with Gasteiger partial charge in [0.2, 0.25) is 0 Å². The van der Waals surface area contributed by atoms with Crippen LogP contribution in [0.3, 0.4) is 0 Å². The highest BCUT2D eigenvalue weighted by Crippen LogP contribution is 2.25. The number of amides is 2. The normalized spacial score (nSPS) is 10.8. The molecular weight excluding hydrogens is 528 g/mol. The van der Waals surface area contributed by atoms with Crippen LogP contribution in [0.1, 0.15) is 54.8 Å². The van der Waals surface area contributed by atoms with Crippen LogP contribution < -0.4 is 20.1 Å². The standard InChI is InChI=1S/C23H28Br2N2O4/c1-14(2)30-20-8-6-16(24)12-18(20)22(28)26-10-5-11-27-23(29)19-13-17(25)7-9-21(19)31-15(3)4/h6-9,12-15H,5,10-11H2,1-4H3,(H,26,28)(H,27,29). The van der Waals surface area contributed by atoms with Gasteiger partial charge in [0.25, 0.3) is 11.8 Å². The molecule has 0 spiro atoms. The molecule has 0 aliphatic carbocycles. The first-order valence-electron chi connectivity index (χ1n) is 10.2. The zero-order valence-corrected chi connectivity index (χ0v) is 21.3. The largest absolute Gasteiger partial charge is 0.490 e. The van der Waals surface area contributed by atoms with Gasteiger partial charge in [-0.15, -0.1) is 0 Å². The molecule has 0 saturated heterocycles. The Bertz CT molecular complexity index is 843. The molecule has 0 unspecified atom stereocenters. The van der Waals surface area contributed by atoms with E-state index >= 15 is 0 Å². The van der Waals surface area contributed by atoms with Crippen LogP contribution in [0.15, 0.2) is 45.3 Å². The van der Waals surface area contributed by atoms with Crippen molar-refractivity contribution in [3.63, 3.8) is 0 Å². The first kappa shape index (κ1) is 25.2. The number of hydrogen-bond donors (Lipinski definition) is 2. The van der Waals surface area contributed by atoms with Gasteiger partial charge in [-0.2, -0.15) is 0 Å². The highest BCUT2D eigenvalue weighted by Gasteiger charge is 2.16. The van der Waals surface area contributed by atoms with Crippen molar-refractivity contribution >= 4 is 43.7 Å². The third-order valence-corrected chi connectivity index (χ3v) is 5.01. The van der Waals surface area contributed by atoms with Gasteiger partial charge in [0.15, 0.2) is 0 Å². The summed E-state index contributed by atoms with van der Waals surface area (Å²) in [7, 11) is 0. The fourth-order valence-corrected chi connectivity index (χ4v) is 3.48. The van der Waals surface area contributed by atoms with E-state index in [9.17, 15) is 9.59 Å². The summed E-state index contributed by atoms with van der Waals surface area (Å²) >= 11 is 6.78. The van der Waals surface area contributed by atoms with Crippen LogP contribution in [0, 0.1) is 0 Å². The fourth-order valence-electron chi connectivity index (χ4n) is 2.76. The monoisotopic (exact) mass is 554 g/mol. The van der Waals surface area contributed by atoms with Crippen LogP contribution >= 0.6 is 31.9 Å². The van der Waals surface area contributed by atoms with Crippen molar-refractivity contribution in [2.75, 3.05) is 13.1 Å². The second-order valence-corrected chi connectivity index (χ2v) is 9.31. The van der Waals surface area contributed by atoms with E-state index in [0.717, 1.165) is 8.95 Å². The second-order valence-electron chi connectivity index (χ2n) is 7.48. The summed E-state index contributed by atoms with van der Waals surface area (Å²) in [5.41, 5.74) is 0.938. The average molecular weight is 556 g/mol. The van der Waals surface area contributed by atoms with E-state index in [1.807, 2.05) is 39.8 Å². The van der Waals surface area contributed by atoms with E-state index in [0.29, 0.717) is 42.1 Å². The molecule has 0 radical (unpaired) electrons. The molecule has 0 bridgehead atoms. The number of benzene rings is 2. The molecule has 0 atom stereocenters. The van der Waals surface area contributed by atoms with Crippen molar-refractivity contribution in [2.45, 2.75) is 46.3 Å². The molecule has 2 amide bonds. The molecule has 0 aliphatic heterocycles. The summed E-state index contributed by atoms with van der Waals surface area (Å²) in [6, 6.07) is 10.7. The Balaban J connectivity index is 1.88. The van der Waals surface area contributed by atoms with Gasteiger partial charge in [0, 0.05) is 22.0 Å². The minimum atomic E-state index is -0.220. The summed E-state index contributed by atoms with van der Waals surface area (Å²) in [4.78, 5) is 25.2. The molecule has 2 rings (SSSR count). The van der Waals surface area contributed by atoms with Crippen LogP contribution in [0.5, 0.6) is 11.5 Å². The Hall–Kier alpha value is -2.06. The zero-order valence-electron chi connectivity index (χ0n) is 18.1. The Morgan fingerprint density at radius 2 is 1.16 bits per heavy atom. The van der Waals surface area contributed by atoms with Gasteiger partial charge >= 0.3 is 0 Å². The molecule has 2 aromatic carbocycles. The van der Waals surface area contributed by atoms with E-state index in [2.05, 4.69) is 42.5 Å². The summed E-state index contributed by atoms with van der Waals surface area (Å²) < 4.78 is 13.0.